The minimum Gasteiger partial charge on any atom is -0.480 e. The Morgan fingerprint density at radius 2 is 2.05 bits per heavy atom. The quantitative estimate of drug-likeness (QED) is 0.879. The van der Waals surface area contributed by atoms with Gasteiger partial charge in [-0.15, -0.1) is 5.10 Å². The molecule has 1 aromatic heterocycles. The predicted molar refractivity (Wildman–Crippen MR) is 70.1 cm³/mol. The number of hydrogen-bond acceptors (Lipinski definition) is 5. The van der Waals surface area contributed by atoms with Crippen LogP contribution in [0.5, 0.6) is 0 Å². The van der Waals surface area contributed by atoms with Gasteiger partial charge in [-0.25, -0.2) is 4.79 Å². The van der Waals surface area contributed by atoms with E-state index in [0.717, 1.165) is 24.4 Å². The molecular weight excluding hydrogens is 266 g/mol. The van der Waals surface area contributed by atoms with Gasteiger partial charge in [0, 0.05) is 0 Å². The molecule has 1 aromatic rings. The second-order valence-corrected chi connectivity index (χ2v) is 5.97. The fourth-order valence-electron chi connectivity index (χ4n) is 2.36. The largest absolute Gasteiger partial charge is 0.480 e. The molecule has 104 valence electrons. The molecule has 19 heavy (non-hydrogen) atoms. The van der Waals surface area contributed by atoms with E-state index in [0.29, 0.717) is 29.3 Å². The maximum Gasteiger partial charge on any atom is 0.329 e. The Morgan fingerprint density at radius 3 is 2.53 bits per heavy atom. The van der Waals surface area contributed by atoms with E-state index in [1.54, 1.807) is 6.92 Å². The van der Waals surface area contributed by atoms with Crippen molar-refractivity contribution in [2.45, 2.75) is 45.1 Å². The molecule has 1 saturated carbocycles. The minimum absolute atomic E-state index is 0.385. The summed E-state index contributed by atoms with van der Waals surface area (Å²) in [7, 11) is 0. The van der Waals surface area contributed by atoms with Crippen LogP contribution in [0.25, 0.3) is 0 Å². The number of amides is 1. The molecule has 1 heterocycles. The first-order valence-corrected chi connectivity index (χ1v) is 7.07. The van der Waals surface area contributed by atoms with Crippen LogP contribution in [0, 0.1) is 12.8 Å². The standard InChI is InChI=1S/C12H17N3O3S/c1-7-3-5-12(6-4-7,11(17)18)13-10(16)9-8(2)14-15-19-9/h7H,3-6H2,1-2H3,(H,13,16)(H,17,18). The highest BCUT2D eigenvalue weighted by Crippen LogP contribution is 2.32. The zero-order valence-electron chi connectivity index (χ0n) is 11.0. The molecule has 1 aliphatic rings. The van der Waals surface area contributed by atoms with E-state index >= 15 is 0 Å². The molecular formula is C12H17N3O3S. The van der Waals surface area contributed by atoms with Gasteiger partial charge in [0.2, 0.25) is 0 Å². The summed E-state index contributed by atoms with van der Waals surface area (Å²) in [6.07, 6.45) is 2.57. The van der Waals surface area contributed by atoms with E-state index < -0.39 is 11.5 Å². The van der Waals surface area contributed by atoms with Crippen molar-refractivity contribution in [1.29, 1.82) is 0 Å². The van der Waals surface area contributed by atoms with Crippen molar-refractivity contribution in [3.8, 4) is 0 Å². The number of nitrogens with zero attached hydrogens (tertiary/aromatic N) is 2. The number of carboxylic acids is 1. The molecule has 0 spiro atoms. The van der Waals surface area contributed by atoms with Crippen LogP contribution in [0.15, 0.2) is 0 Å². The third kappa shape index (κ3) is 2.75. The number of aliphatic carboxylic acids is 1. The molecule has 0 atom stereocenters. The van der Waals surface area contributed by atoms with Crippen LogP contribution >= 0.6 is 11.5 Å². The highest BCUT2D eigenvalue weighted by Gasteiger charge is 2.43. The van der Waals surface area contributed by atoms with Crippen molar-refractivity contribution >= 4 is 23.4 Å². The van der Waals surface area contributed by atoms with Crippen LogP contribution in [-0.4, -0.2) is 32.1 Å². The molecule has 0 aromatic carbocycles. The molecule has 0 aliphatic heterocycles. The zero-order chi connectivity index (χ0) is 14.0. The molecule has 0 bridgehead atoms. The van der Waals surface area contributed by atoms with Crippen molar-refractivity contribution in [3.05, 3.63) is 10.6 Å². The van der Waals surface area contributed by atoms with Gasteiger partial charge >= 0.3 is 5.97 Å². The summed E-state index contributed by atoms with van der Waals surface area (Å²) in [5.74, 6) is -0.830. The number of carboxylic acid groups (broad SMARTS) is 1. The van der Waals surface area contributed by atoms with E-state index in [1.807, 2.05) is 0 Å². The van der Waals surface area contributed by atoms with Crippen LogP contribution in [-0.2, 0) is 4.79 Å². The summed E-state index contributed by atoms with van der Waals surface area (Å²) in [5, 5.41) is 15.9. The second-order valence-electron chi connectivity index (χ2n) is 5.21. The molecule has 2 rings (SSSR count). The highest BCUT2D eigenvalue weighted by molar-refractivity contribution is 7.08. The van der Waals surface area contributed by atoms with Gasteiger partial charge in [0.1, 0.15) is 10.4 Å². The molecule has 1 amide bonds. The number of nitrogens with one attached hydrogen (secondary N) is 1. The van der Waals surface area contributed by atoms with E-state index in [2.05, 4.69) is 21.8 Å². The topological polar surface area (TPSA) is 92.2 Å². The summed E-state index contributed by atoms with van der Waals surface area (Å²) in [4.78, 5) is 24.1. The zero-order valence-corrected chi connectivity index (χ0v) is 11.8. The lowest BCUT2D eigenvalue weighted by atomic mass is 9.77. The van der Waals surface area contributed by atoms with E-state index in [9.17, 15) is 14.7 Å². The molecule has 0 unspecified atom stereocenters. The molecule has 6 nitrogen and oxygen atoms in total. The molecule has 1 fully saturated rings. The molecule has 0 saturated heterocycles. The summed E-state index contributed by atoms with van der Waals surface area (Å²) in [6.45, 7) is 3.79. The van der Waals surface area contributed by atoms with Crippen LogP contribution in [0.2, 0.25) is 0 Å². The van der Waals surface area contributed by atoms with Gasteiger partial charge in [0.25, 0.3) is 5.91 Å². The average molecular weight is 283 g/mol. The molecule has 0 radical (unpaired) electrons. The molecule has 1 aliphatic carbocycles. The average Bonchev–Trinajstić information content (AvgIpc) is 2.78. The second kappa shape index (κ2) is 5.24. The Hall–Kier alpha value is -1.50. The van der Waals surface area contributed by atoms with E-state index in [4.69, 9.17) is 0 Å². The Labute approximate surface area is 115 Å². The monoisotopic (exact) mass is 283 g/mol. The van der Waals surface area contributed by atoms with Crippen molar-refractivity contribution in [2.24, 2.45) is 5.92 Å². The lowest BCUT2D eigenvalue weighted by Crippen LogP contribution is -2.56. The normalized spacial score (nSPS) is 26.9. The van der Waals surface area contributed by atoms with Crippen molar-refractivity contribution in [3.63, 3.8) is 0 Å². The highest BCUT2D eigenvalue weighted by atomic mass is 32.1. The Bertz CT molecular complexity index is 492. The van der Waals surface area contributed by atoms with Gasteiger partial charge in [-0.3, -0.25) is 4.79 Å². The first-order valence-electron chi connectivity index (χ1n) is 6.29. The summed E-state index contributed by atoms with van der Waals surface area (Å²) < 4.78 is 3.70. The van der Waals surface area contributed by atoms with Crippen molar-refractivity contribution in [1.82, 2.24) is 14.9 Å². The van der Waals surface area contributed by atoms with Gasteiger partial charge in [0.15, 0.2) is 0 Å². The minimum atomic E-state index is -1.14. The lowest BCUT2D eigenvalue weighted by Gasteiger charge is -2.36. The van der Waals surface area contributed by atoms with Crippen LogP contribution in [0.1, 0.15) is 48.0 Å². The predicted octanol–water partition coefficient (Wildman–Crippen LogP) is 1.61. The molecule has 7 heteroatoms. The van der Waals surface area contributed by atoms with Gasteiger partial charge in [0.05, 0.1) is 5.69 Å². The Kier molecular flexibility index (Phi) is 3.84. The maximum atomic E-state index is 12.1. The van der Waals surface area contributed by atoms with Crippen molar-refractivity contribution in [2.75, 3.05) is 0 Å². The SMILES string of the molecule is Cc1nnsc1C(=O)NC1(C(=O)O)CCC(C)CC1. The summed E-state index contributed by atoms with van der Waals surface area (Å²) in [5.41, 5.74) is -0.604. The fourth-order valence-corrected chi connectivity index (χ4v) is 2.91. The fraction of sp³-hybridized carbons (Fsp3) is 0.667. The summed E-state index contributed by atoms with van der Waals surface area (Å²) >= 11 is 0.991. The Morgan fingerprint density at radius 1 is 1.42 bits per heavy atom. The van der Waals surface area contributed by atoms with Gasteiger partial charge < -0.3 is 10.4 Å². The third-order valence-corrected chi connectivity index (χ3v) is 4.57. The van der Waals surface area contributed by atoms with Gasteiger partial charge in [-0.1, -0.05) is 11.4 Å². The number of carbonyl (C=O) groups excluding carboxylic acids is 1. The Balaban J connectivity index is 2.16. The smallest absolute Gasteiger partial charge is 0.329 e. The van der Waals surface area contributed by atoms with Crippen molar-refractivity contribution < 1.29 is 14.7 Å². The molecule has 2 N–H and O–H groups in total. The number of aryl methyl sites for hydroxylation is 1. The maximum absolute atomic E-state index is 12.1. The van der Waals surface area contributed by atoms with Gasteiger partial charge in [-0.2, -0.15) is 0 Å². The number of rotatable bonds is 3. The van der Waals surface area contributed by atoms with Crippen LogP contribution in [0.3, 0.4) is 0 Å². The van der Waals surface area contributed by atoms with Crippen LogP contribution in [0.4, 0.5) is 0 Å². The van der Waals surface area contributed by atoms with Crippen LogP contribution < -0.4 is 5.32 Å². The number of hydrogen-bond donors (Lipinski definition) is 2. The van der Waals surface area contributed by atoms with E-state index in [1.165, 1.54) is 0 Å². The van der Waals surface area contributed by atoms with E-state index in [-0.39, 0.29) is 5.91 Å². The number of carbonyl (C=O) groups is 2. The summed E-state index contributed by atoms with van der Waals surface area (Å²) in [6, 6.07) is 0. The first kappa shape index (κ1) is 13.9. The first-order chi connectivity index (χ1) is 8.94. The van der Waals surface area contributed by atoms with Gasteiger partial charge in [-0.05, 0) is 50.1 Å². The lowest BCUT2D eigenvalue weighted by molar-refractivity contribution is -0.146. The number of aromatic nitrogens is 2. The third-order valence-electron chi connectivity index (χ3n) is 3.75.